The van der Waals surface area contributed by atoms with E-state index in [0.29, 0.717) is 23.4 Å². The number of carbonyl (C=O) groups is 1. The first-order chi connectivity index (χ1) is 10.9. The second-order valence-corrected chi connectivity index (χ2v) is 6.12. The number of hydrogen-bond donors (Lipinski definition) is 1. The number of hydrogen-bond acceptors (Lipinski definition) is 4. The third-order valence-electron chi connectivity index (χ3n) is 3.81. The third-order valence-corrected chi connectivity index (χ3v) is 3.81. The van der Waals surface area contributed by atoms with Crippen LogP contribution in [-0.2, 0) is 11.2 Å². The Labute approximate surface area is 135 Å². The molecule has 0 aromatic carbocycles. The highest BCUT2D eigenvalue weighted by Gasteiger charge is 2.24. The maximum atomic E-state index is 12.6. The molecule has 2 aromatic heterocycles. The van der Waals surface area contributed by atoms with Crippen LogP contribution in [0.2, 0.25) is 0 Å². The Morgan fingerprint density at radius 3 is 2.65 bits per heavy atom. The number of rotatable bonds is 5. The summed E-state index contributed by atoms with van der Waals surface area (Å²) in [5, 5.41) is 10.5. The second-order valence-electron chi connectivity index (χ2n) is 6.12. The maximum absolute atomic E-state index is 12.6. The molecule has 0 aliphatic carbocycles. The summed E-state index contributed by atoms with van der Waals surface area (Å²) in [6.45, 7) is 7.86. The lowest BCUT2D eigenvalue weighted by Crippen LogP contribution is -2.25. The van der Waals surface area contributed by atoms with E-state index in [-0.39, 0.29) is 17.9 Å². The molecule has 0 atom stereocenters. The Kier molecular flexibility index (Phi) is 5.08. The van der Waals surface area contributed by atoms with Crippen LogP contribution in [0.4, 0.5) is 0 Å². The SMILES string of the molecule is CCOC(=O)c1c(O)c(CCC(C)C)c2ccc(C)cn2c1=O. The van der Waals surface area contributed by atoms with Gasteiger partial charge in [0.1, 0.15) is 5.75 Å². The van der Waals surface area contributed by atoms with Gasteiger partial charge in [0.05, 0.1) is 12.1 Å². The van der Waals surface area contributed by atoms with E-state index in [1.807, 2.05) is 13.0 Å². The molecule has 0 aliphatic rings. The number of ether oxygens (including phenoxy) is 1. The maximum Gasteiger partial charge on any atom is 0.347 e. The fourth-order valence-electron chi connectivity index (χ4n) is 2.58. The molecule has 5 heteroatoms. The predicted molar refractivity (Wildman–Crippen MR) is 89.2 cm³/mol. The van der Waals surface area contributed by atoms with Crippen LogP contribution in [0.15, 0.2) is 23.1 Å². The van der Waals surface area contributed by atoms with Gasteiger partial charge in [-0.25, -0.2) is 4.79 Å². The number of esters is 1. The minimum atomic E-state index is -0.781. The zero-order valence-electron chi connectivity index (χ0n) is 14.0. The predicted octanol–water partition coefficient (Wildman–Crippen LogP) is 3.08. The molecule has 0 radical (unpaired) electrons. The number of nitrogens with zero attached hydrogens (tertiary/aromatic N) is 1. The lowest BCUT2D eigenvalue weighted by atomic mass is 9.99. The molecule has 5 nitrogen and oxygen atoms in total. The highest BCUT2D eigenvalue weighted by atomic mass is 16.5. The van der Waals surface area contributed by atoms with Crippen molar-refractivity contribution in [2.75, 3.05) is 6.61 Å². The van der Waals surface area contributed by atoms with Crippen LogP contribution in [0.25, 0.3) is 5.52 Å². The van der Waals surface area contributed by atoms with Gasteiger partial charge in [0.15, 0.2) is 5.56 Å². The summed E-state index contributed by atoms with van der Waals surface area (Å²) in [7, 11) is 0. The summed E-state index contributed by atoms with van der Waals surface area (Å²) in [5.41, 5.74) is 1.31. The second kappa shape index (κ2) is 6.86. The standard InChI is InChI=1S/C18H23NO4/c1-5-23-18(22)15-16(20)13(8-6-11(2)3)14-9-7-12(4)10-19(14)17(15)21/h7,9-11,20H,5-6,8H2,1-4H3. The van der Waals surface area contributed by atoms with Gasteiger partial charge in [-0.05, 0) is 44.2 Å². The first-order valence-corrected chi connectivity index (χ1v) is 7.90. The van der Waals surface area contributed by atoms with Crippen molar-refractivity contribution in [1.29, 1.82) is 0 Å². The summed E-state index contributed by atoms with van der Waals surface area (Å²) < 4.78 is 6.36. The van der Waals surface area contributed by atoms with Gasteiger partial charge in [0.2, 0.25) is 0 Å². The molecular formula is C18H23NO4. The molecule has 0 saturated heterocycles. The Morgan fingerprint density at radius 1 is 1.35 bits per heavy atom. The van der Waals surface area contributed by atoms with Crippen LogP contribution in [-0.4, -0.2) is 22.1 Å². The number of aryl methyl sites for hydroxylation is 2. The van der Waals surface area contributed by atoms with Crippen molar-refractivity contribution >= 4 is 11.5 Å². The highest BCUT2D eigenvalue weighted by molar-refractivity contribution is 5.93. The van der Waals surface area contributed by atoms with Crippen molar-refractivity contribution in [2.24, 2.45) is 5.92 Å². The lowest BCUT2D eigenvalue weighted by molar-refractivity contribution is 0.0520. The van der Waals surface area contributed by atoms with E-state index in [0.717, 1.165) is 12.0 Å². The zero-order valence-corrected chi connectivity index (χ0v) is 14.0. The Hall–Kier alpha value is -2.30. The van der Waals surface area contributed by atoms with Crippen molar-refractivity contribution in [3.63, 3.8) is 0 Å². The number of fused-ring (bicyclic) bond motifs is 1. The first-order valence-electron chi connectivity index (χ1n) is 7.90. The van der Waals surface area contributed by atoms with Crippen molar-refractivity contribution in [2.45, 2.75) is 40.5 Å². The zero-order chi connectivity index (χ0) is 17.1. The van der Waals surface area contributed by atoms with Gasteiger partial charge in [-0.3, -0.25) is 9.20 Å². The number of aromatic hydroxyl groups is 1. The van der Waals surface area contributed by atoms with Crippen molar-refractivity contribution in [3.05, 3.63) is 45.4 Å². The van der Waals surface area contributed by atoms with Gasteiger partial charge < -0.3 is 9.84 Å². The van der Waals surface area contributed by atoms with Gasteiger partial charge in [-0.15, -0.1) is 0 Å². The molecule has 23 heavy (non-hydrogen) atoms. The van der Waals surface area contributed by atoms with Crippen LogP contribution >= 0.6 is 0 Å². The Balaban J connectivity index is 2.75. The average molecular weight is 317 g/mol. The molecule has 2 heterocycles. The number of carbonyl (C=O) groups excluding carboxylic acids is 1. The summed E-state index contributed by atoms with van der Waals surface area (Å²) >= 11 is 0. The molecule has 2 aromatic rings. The molecule has 2 rings (SSSR count). The third kappa shape index (κ3) is 3.38. The number of pyridine rings is 2. The van der Waals surface area contributed by atoms with Gasteiger partial charge in [0.25, 0.3) is 5.56 Å². The van der Waals surface area contributed by atoms with E-state index in [4.69, 9.17) is 4.74 Å². The molecule has 0 unspecified atom stereocenters. The molecule has 0 bridgehead atoms. The fourth-order valence-corrected chi connectivity index (χ4v) is 2.58. The molecule has 0 fully saturated rings. The molecule has 0 spiro atoms. The largest absolute Gasteiger partial charge is 0.506 e. The molecule has 0 amide bonds. The summed E-state index contributed by atoms with van der Waals surface area (Å²) in [5.74, 6) is -0.590. The topological polar surface area (TPSA) is 68.0 Å². The first kappa shape index (κ1) is 17.1. The average Bonchev–Trinajstić information content (AvgIpc) is 2.47. The Bertz CT molecular complexity index is 790. The van der Waals surface area contributed by atoms with Crippen molar-refractivity contribution < 1.29 is 14.6 Å². The summed E-state index contributed by atoms with van der Waals surface area (Å²) in [6.07, 6.45) is 3.11. The summed E-state index contributed by atoms with van der Waals surface area (Å²) in [6, 6.07) is 3.69. The fraction of sp³-hybridized carbons (Fsp3) is 0.444. The molecule has 124 valence electrons. The van der Waals surface area contributed by atoms with Crippen LogP contribution in [0.3, 0.4) is 0 Å². The van der Waals surface area contributed by atoms with Crippen molar-refractivity contribution in [3.8, 4) is 5.75 Å². The van der Waals surface area contributed by atoms with E-state index in [1.54, 1.807) is 19.2 Å². The van der Waals surface area contributed by atoms with Gasteiger partial charge in [-0.1, -0.05) is 19.9 Å². The minimum Gasteiger partial charge on any atom is -0.506 e. The lowest BCUT2D eigenvalue weighted by Gasteiger charge is -2.15. The Morgan fingerprint density at radius 2 is 2.04 bits per heavy atom. The van der Waals surface area contributed by atoms with Gasteiger partial charge in [0, 0.05) is 11.8 Å². The van der Waals surface area contributed by atoms with Crippen LogP contribution < -0.4 is 5.56 Å². The van der Waals surface area contributed by atoms with E-state index in [1.165, 1.54) is 4.40 Å². The van der Waals surface area contributed by atoms with Crippen LogP contribution in [0.1, 0.15) is 48.7 Å². The van der Waals surface area contributed by atoms with Crippen LogP contribution in [0, 0.1) is 12.8 Å². The normalized spacial score (nSPS) is 11.2. The number of aromatic nitrogens is 1. The van der Waals surface area contributed by atoms with Gasteiger partial charge >= 0.3 is 5.97 Å². The molecule has 0 saturated carbocycles. The van der Waals surface area contributed by atoms with E-state index < -0.39 is 11.5 Å². The minimum absolute atomic E-state index is 0.148. The van der Waals surface area contributed by atoms with Crippen LogP contribution in [0.5, 0.6) is 5.75 Å². The smallest absolute Gasteiger partial charge is 0.347 e. The van der Waals surface area contributed by atoms with E-state index in [2.05, 4.69) is 13.8 Å². The summed E-state index contributed by atoms with van der Waals surface area (Å²) in [4.78, 5) is 24.7. The van der Waals surface area contributed by atoms with E-state index in [9.17, 15) is 14.7 Å². The highest BCUT2D eigenvalue weighted by Crippen LogP contribution is 2.27. The van der Waals surface area contributed by atoms with Gasteiger partial charge in [-0.2, -0.15) is 0 Å². The van der Waals surface area contributed by atoms with Crippen molar-refractivity contribution in [1.82, 2.24) is 4.40 Å². The molecule has 0 aliphatic heterocycles. The monoisotopic (exact) mass is 317 g/mol. The molecular weight excluding hydrogens is 294 g/mol. The van der Waals surface area contributed by atoms with E-state index >= 15 is 0 Å². The molecule has 1 N–H and O–H groups in total. The quantitative estimate of drug-likeness (QED) is 0.861.